The van der Waals surface area contributed by atoms with Gasteiger partial charge in [0.05, 0.1) is 18.8 Å². The number of H-pyrrole nitrogens is 1. The van der Waals surface area contributed by atoms with Gasteiger partial charge in [0.25, 0.3) is 11.5 Å². The van der Waals surface area contributed by atoms with Crippen LogP contribution in [0.4, 0.5) is 0 Å². The molecular formula is C19H21N3O4. The topological polar surface area (TPSA) is 104 Å². The number of aromatic amines is 1. The fraction of sp³-hybridized carbons (Fsp3) is 0.421. The number of nitrogens with zero attached hydrogens (tertiary/aromatic N) is 1. The van der Waals surface area contributed by atoms with E-state index in [1.54, 1.807) is 6.92 Å². The highest BCUT2D eigenvalue weighted by Crippen LogP contribution is 2.39. The van der Waals surface area contributed by atoms with Gasteiger partial charge in [-0.15, -0.1) is 0 Å². The molecular weight excluding hydrogens is 334 g/mol. The van der Waals surface area contributed by atoms with E-state index in [2.05, 4.69) is 21.4 Å². The molecule has 136 valence electrons. The average Bonchev–Trinajstić information content (AvgIpc) is 3.04. The number of carbonyl (C=O) groups is 1. The number of nitrogens with one attached hydrogen (secondary N) is 2. The second kappa shape index (κ2) is 6.57. The average molecular weight is 355 g/mol. The number of fused-ring (bicyclic) bond motifs is 1. The number of aryl methyl sites for hydroxylation is 1. The Balaban J connectivity index is 1.61. The largest absolute Gasteiger partial charge is 0.493 e. The second-order valence-corrected chi connectivity index (χ2v) is 7.01. The first-order valence-electron chi connectivity index (χ1n) is 8.81. The standard InChI is InChI=1S/C19H21N3O4/c1-10-20-9-15(18(24)21-10)19(25)22-17(13-7-14(23)8-13)12-2-3-16-11(6-12)4-5-26-16/h2-3,6,9,13-14,17,23H,4-5,7-8H2,1H3,(H,22,25)(H,20,21,24). The summed E-state index contributed by atoms with van der Waals surface area (Å²) in [5, 5.41) is 12.7. The first kappa shape index (κ1) is 16.8. The van der Waals surface area contributed by atoms with Gasteiger partial charge in [-0.3, -0.25) is 9.59 Å². The molecule has 1 unspecified atom stereocenters. The number of benzene rings is 1. The van der Waals surface area contributed by atoms with Gasteiger partial charge in [0.2, 0.25) is 0 Å². The van der Waals surface area contributed by atoms with Crippen molar-refractivity contribution in [3.63, 3.8) is 0 Å². The van der Waals surface area contributed by atoms with E-state index in [0.29, 0.717) is 25.3 Å². The molecule has 7 heteroatoms. The molecule has 7 nitrogen and oxygen atoms in total. The van der Waals surface area contributed by atoms with Crippen molar-refractivity contribution in [3.8, 4) is 5.75 Å². The third-order valence-electron chi connectivity index (χ3n) is 5.15. The van der Waals surface area contributed by atoms with Gasteiger partial charge >= 0.3 is 0 Å². The summed E-state index contributed by atoms with van der Waals surface area (Å²) >= 11 is 0. The highest BCUT2D eigenvalue weighted by molar-refractivity contribution is 5.93. The predicted molar refractivity (Wildman–Crippen MR) is 94.2 cm³/mol. The summed E-state index contributed by atoms with van der Waals surface area (Å²) in [6, 6.07) is 5.65. The van der Waals surface area contributed by atoms with Gasteiger partial charge in [-0.25, -0.2) is 4.98 Å². The fourth-order valence-corrected chi connectivity index (χ4v) is 3.64. The molecule has 1 atom stereocenters. The van der Waals surface area contributed by atoms with E-state index in [1.807, 2.05) is 12.1 Å². The minimum Gasteiger partial charge on any atom is -0.493 e. The number of aliphatic hydroxyl groups is 1. The van der Waals surface area contributed by atoms with Crippen LogP contribution in [0.1, 0.15) is 46.2 Å². The monoisotopic (exact) mass is 355 g/mol. The highest BCUT2D eigenvalue weighted by atomic mass is 16.5. The number of hydrogen-bond acceptors (Lipinski definition) is 5. The van der Waals surface area contributed by atoms with Crippen LogP contribution in [0.3, 0.4) is 0 Å². The number of aromatic nitrogens is 2. The lowest BCUT2D eigenvalue weighted by atomic mass is 9.74. The summed E-state index contributed by atoms with van der Waals surface area (Å²) in [6.45, 7) is 2.33. The summed E-state index contributed by atoms with van der Waals surface area (Å²) < 4.78 is 5.55. The summed E-state index contributed by atoms with van der Waals surface area (Å²) in [6.07, 6.45) is 3.06. The zero-order valence-electron chi connectivity index (χ0n) is 14.5. The Hall–Kier alpha value is -2.67. The molecule has 1 amide bonds. The van der Waals surface area contributed by atoms with E-state index in [4.69, 9.17) is 4.74 Å². The van der Waals surface area contributed by atoms with Crippen LogP contribution in [0.15, 0.2) is 29.2 Å². The molecule has 0 spiro atoms. The number of rotatable bonds is 4. The van der Waals surface area contributed by atoms with E-state index in [0.717, 1.165) is 23.3 Å². The maximum absolute atomic E-state index is 12.7. The van der Waals surface area contributed by atoms with Crippen LogP contribution in [-0.2, 0) is 6.42 Å². The molecule has 2 heterocycles. The SMILES string of the molecule is Cc1ncc(C(=O)NC(c2ccc3c(c2)CCO3)C2CC(O)C2)c(=O)[nH]1. The minimum atomic E-state index is -0.457. The number of amides is 1. The lowest BCUT2D eigenvalue weighted by Gasteiger charge is -2.38. The van der Waals surface area contributed by atoms with Crippen molar-refractivity contribution in [2.45, 2.75) is 38.3 Å². The molecule has 1 fully saturated rings. The molecule has 1 saturated carbocycles. The zero-order chi connectivity index (χ0) is 18.3. The Labute approximate surface area is 150 Å². The molecule has 26 heavy (non-hydrogen) atoms. The number of carbonyl (C=O) groups excluding carboxylic acids is 1. The smallest absolute Gasteiger partial charge is 0.263 e. The van der Waals surface area contributed by atoms with Crippen LogP contribution in [0.2, 0.25) is 0 Å². The van der Waals surface area contributed by atoms with Crippen molar-refractivity contribution in [2.75, 3.05) is 6.61 Å². The lowest BCUT2D eigenvalue weighted by Crippen LogP contribution is -2.42. The minimum absolute atomic E-state index is 0.00929. The van der Waals surface area contributed by atoms with Gasteiger partial charge in [-0.1, -0.05) is 6.07 Å². The summed E-state index contributed by atoms with van der Waals surface area (Å²) in [5.74, 6) is 1.02. The van der Waals surface area contributed by atoms with Crippen molar-refractivity contribution in [2.24, 2.45) is 5.92 Å². The summed E-state index contributed by atoms with van der Waals surface area (Å²) in [5.41, 5.74) is 1.63. The van der Waals surface area contributed by atoms with Crippen LogP contribution < -0.4 is 15.6 Å². The number of aliphatic hydroxyl groups excluding tert-OH is 1. The van der Waals surface area contributed by atoms with Gasteiger partial charge in [0, 0.05) is 12.6 Å². The lowest BCUT2D eigenvalue weighted by molar-refractivity contribution is 0.0235. The van der Waals surface area contributed by atoms with Crippen molar-refractivity contribution in [3.05, 3.63) is 57.3 Å². The Morgan fingerprint density at radius 3 is 2.96 bits per heavy atom. The Kier molecular flexibility index (Phi) is 4.24. The molecule has 0 bridgehead atoms. The number of hydrogen-bond donors (Lipinski definition) is 3. The van der Waals surface area contributed by atoms with Crippen LogP contribution in [0.25, 0.3) is 0 Å². The fourth-order valence-electron chi connectivity index (χ4n) is 3.64. The van der Waals surface area contributed by atoms with Crippen LogP contribution >= 0.6 is 0 Å². The van der Waals surface area contributed by atoms with Crippen molar-refractivity contribution in [1.29, 1.82) is 0 Å². The highest BCUT2D eigenvalue weighted by Gasteiger charge is 2.36. The molecule has 1 aromatic heterocycles. The van der Waals surface area contributed by atoms with Gasteiger partial charge in [-0.05, 0) is 48.9 Å². The van der Waals surface area contributed by atoms with Crippen molar-refractivity contribution >= 4 is 5.91 Å². The molecule has 4 rings (SSSR count). The molecule has 1 aliphatic heterocycles. The Bertz CT molecular complexity index is 902. The van der Waals surface area contributed by atoms with Crippen molar-refractivity contribution < 1.29 is 14.6 Å². The van der Waals surface area contributed by atoms with Gasteiger partial charge in [0.15, 0.2) is 0 Å². The summed E-state index contributed by atoms with van der Waals surface area (Å²) in [7, 11) is 0. The molecule has 0 radical (unpaired) electrons. The Morgan fingerprint density at radius 1 is 1.42 bits per heavy atom. The predicted octanol–water partition coefficient (Wildman–Crippen LogP) is 1.26. The zero-order valence-corrected chi connectivity index (χ0v) is 14.5. The van der Waals surface area contributed by atoms with Crippen LogP contribution in [0, 0.1) is 12.8 Å². The van der Waals surface area contributed by atoms with E-state index < -0.39 is 11.5 Å². The molecule has 1 aromatic carbocycles. The normalized spacial score (nSPS) is 22.1. The van der Waals surface area contributed by atoms with E-state index in [-0.39, 0.29) is 23.6 Å². The molecule has 2 aliphatic rings. The maximum atomic E-state index is 12.7. The van der Waals surface area contributed by atoms with E-state index >= 15 is 0 Å². The first-order chi connectivity index (χ1) is 12.5. The molecule has 2 aromatic rings. The van der Waals surface area contributed by atoms with Crippen molar-refractivity contribution in [1.82, 2.24) is 15.3 Å². The van der Waals surface area contributed by atoms with Gasteiger partial charge in [0.1, 0.15) is 17.1 Å². The van der Waals surface area contributed by atoms with Gasteiger partial charge < -0.3 is 20.1 Å². The molecule has 0 saturated heterocycles. The Morgan fingerprint density at radius 2 is 2.23 bits per heavy atom. The van der Waals surface area contributed by atoms with Crippen LogP contribution in [-0.4, -0.2) is 33.7 Å². The van der Waals surface area contributed by atoms with Crippen LogP contribution in [0.5, 0.6) is 5.75 Å². The number of ether oxygens (including phenoxy) is 1. The van der Waals surface area contributed by atoms with Gasteiger partial charge in [-0.2, -0.15) is 0 Å². The molecule has 1 aliphatic carbocycles. The maximum Gasteiger partial charge on any atom is 0.263 e. The first-order valence-corrected chi connectivity index (χ1v) is 8.81. The quantitative estimate of drug-likeness (QED) is 0.766. The third kappa shape index (κ3) is 3.10. The summed E-state index contributed by atoms with van der Waals surface area (Å²) in [4.78, 5) is 31.3. The van der Waals surface area contributed by atoms with E-state index in [1.165, 1.54) is 6.20 Å². The van der Waals surface area contributed by atoms with E-state index in [9.17, 15) is 14.7 Å². The molecule has 3 N–H and O–H groups in total. The third-order valence-corrected chi connectivity index (χ3v) is 5.15. The second-order valence-electron chi connectivity index (χ2n) is 7.01.